The number of fused-ring (bicyclic) bond motifs is 3. The molecule has 0 radical (unpaired) electrons. The summed E-state index contributed by atoms with van der Waals surface area (Å²) < 4.78 is 10.7. The first-order valence-electron chi connectivity index (χ1n) is 6.52. The highest BCUT2D eigenvalue weighted by Crippen LogP contribution is 2.36. The van der Waals surface area contributed by atoms with Gasteiger partial charge in [-0.3, -0.25) is 0 Å². The third-order valence-corrected chi connectivity index (χ3v) is 4.13. The summed E-state index contributed by atoms with van der Waals surface area (Å²) in [6, 6.07) is 0. The molecule has 1 saturated heterocycles. The van der Waals surface area contributed by atoms with Gasteiger partial charge in [-0.1, -0.05) is 18.7 Å². The maximum atomic E-state index is 11.9. The largest absolute Gasteiger partial charge is 0.458 e. The Kier molecular flexibility index (Phi) is 2.81. The molecule has 100 valence electrons. The summed E-state index contributed by atoms with van der Waals surface area (Å²) in [6.07, 6.45) is 5.32. The summed E-state index contributed by atoms with van der Waals surface area (Å²) in [5.41, 5.74) is 2.15. The summed E-state index contributed by atoms with van der Waals surface area (Å²) in [7, 11) is 0. The lowest BCUT2D eigenvalue weighted by Gasteiger charge is -2.27. The van der Waals surface area contributed by atoms with E-state index in [0.717, 1.165) is 5.57 Å². The Morgan fingerprint density at radius 3 is 2.68 bits per heavy atom. The maximum absolute atomic E-state index is 11.9. The Morgan fingerprint density at radius 2 is 1.95 bits per heavy atom. The number of allylic oxidation sites excluding steroid dienone is 1. The second-order valence-corrected chi connectivity index (χ2v) is 5.32. The van der Waals surface area contributed by atoms with E-state index in [2.05, 4.69) is 6.58 Å². The van der Waals surface area contributed by atoms with Crippen molar-refractivity contribution in [2.45, 2.75) is 38.4 Å². The lowest BCUT2D eigenvalue weighted by molar-refractivity contribution is -0.146. The van der Waals surface area contributed by atoms with Crippen molar-refractivity contribution in [2.75, 3.05) is 0 Å². The van der Waals surface area contributed by atoms with Gasteiger partial charge in [0.15, 0.2) is 0 Å². The fourth-order valence-electron chi connectivity index (χ4n) is 2.84. The highest BCUT2D eigenvalue weighted by atomic mass is 16.6. The number of hydrogen-bond donors (Lipinski definition) is 0. The van der Waals surface area contributed by atoms with Crippen molar-refractivity contribution in [2.24, 2.45) is 5.92 Å². The Labute approximate surface area is 111 Å². The standard InChI is InChI=1S/C15H16O4/c1-8-3-5-11-9(2)14(16)19-13(11)7-10-4-6-12(8)18-15(10)17/h3-4,11-13H,2,5-7H2,1H3/b8-3-/t11-,12-,13-/m0/s1. The summed E-state index contributed by atoms with van der Waals surface area (Å²) in [5, 5.41) is 0. The zero-order chi connectivity index (χ0) is 13.6. The summed E-state index contributed by atoms with van der Waals surface area (Å²) in [4.78, 5) is 23.5. The molecule has 1 fully saturated rings. The van der Waals surface area contributed by atoms with E-state index in [1.807, 2.05) is 19.1 Å². The number of rotatable bonds is 0. The summed E-state index contributed by atoms with van der Waals surface area (Å²) in [6.45, 7) is 5.76. The Bertz CT molecular complexity index is 526. The molecule has 0 aromatic rings. The molecule has 0 saturated carbocycles. The monoisotopic (exact) mass is 260 g/mol. The number of esters is 2. The zero-order valence-corrected chi connectivity index (χ0v) is 10.8. The van der Waals surface area contributed by atoms with Gasteiger partial charge < -0.3 is 9.47 Å². The van der Waals surface area contributed by atoms with Crippen molar-refractivity contribution in [1.82, 2.24) is 0 Å². The molecule has 4 rings (SSSR count). The van der Waals surface area contributed by atoms with Crippen molar-refractivity contribution in [3.05, 3.63) is 35.5 Å². The van der Waals surface area contributed by atoms with Crippen LogP contribution in [0.1, 0.15) is 26.2 Å². The minimum Gasteiger partial charge on any atom is -0.458 e. The number of carbonyl (C=O) groups excluding carboxylic acids is 2. The first-order valence-corrected chi connectivity index (χ1v) is 6.52. The van der Waals surface area contributed by atoms with E-state index in [4.69, 9.17) is 9.47 Å². The quantitative estimate of drug-likeness (QED) is 0.380. The van der Waals surface area contributed by atoms with Gasteiger partial charge in [0.25, 0.3) is 0 Å². The van der Waals surface area contributed by atoms with E-state index in [1.54, 1.807) is 0 Å². The first kappa shape index (κ1) is 12.2. The normalized spacial score (nSPS) is 36.9. The van der Waals surface area contributed by atoms with Gasteiger partial charge >= 0.3 is 11.9 Å². The molecule has 0 aromatic heterocycles. The third kappa shape index (κ3) is 2.01. The number of hydrogen-bond acceptors (Lipinski definition) is 4. The van der Waals surface area contributed by atoms with Crippen LogP contribution >= 0.6 is 0 Å². The lowest BCUT2D eigenvalue weighted by atomic mass is 9.86. The van der Waals surface area contributed by atoms with E-state index < -0.39 is 0 Å². The SMILES string of the molecule is C=C1C(=O)O[C@H]2CC3=CC[C@H](OC3=O)/C(C)=C\C[C@@H]12. The van der Waals surface area contributed by atoms with E-state index in [0.29, 0.717) is 30.4 Å². The molecule has 4 nitrogen and oxygen atoms in total. The van der Waals surface area contributed by atoms with Crippen molar-refractivity contribution in [1.29, 1.82) is 0 Å². The van der Waals surface area contributed by atoms with Gasteiger partial charge in [0, 0.05) is 29.9 Å². The van der Waals surface area contributed by atoms with Crippen LogP contribution in [0.25, 0.3) is 0 Å². The van der Waals surface area contributed by atoms with Crippen LogP contribution in [0.5, 0.6) is 0 Å². The zero-order valence-electron chi connectivity index (χ0n) is 10.8. The second-order valence-electron chi connectivity index (χ2n) is 5.32. The molecule has 0 unspecified atom stereocenters. The van der Waals surface area contributed by atoms with Crippen LogP contribution in [0.2, 0.25) is 0 Å². The Balaban J connectivity index is 1.98. The molecular formula is C15H16O4. The molecule has 3 atom stereocenters. The fraction of sp³-hybridized carbons (Fsp3) is 0.467. The molecule has 0 amide bonds. The molecule has 4 aliphatic rings. The average molecular weight is 260 g/mol. The minimum atomic E-state index is -0.344. The first-order chi connectivity index (χ1) is 9.06. The Hall–Kier alpha value is -1.84. The van der Waals surface area contributed by atoms with Crippen molar-refractivity contribution >= 4 is 11.9 Å². The molecule has 1 aliphatic carbocycles. The topological polar surface area (TPSA) is 52.6 Å². The van der Waals surface area contributed by atoms with Gasteiger partial charge in [0.1, 0.15) is 12.2 Å². The van der Waals surface area contributed by atoms with Crippen molar-refractivity contribution < 1.29 is 19.1 Å². The van der Waals surface area contributed by atoms with Crippen LogP contribution in [0.15, 0.2) is 35.5 Å². The molecule has 2 bridgehead atoms. The molecule has 0 aromatic carbocycles. The van der Waals surface area contributed by atoms with Crippen molar-refractivity contribution in [3.8, 4) is 0 Å². The smallest absolute Gasteiger partial charge is 0.334 e. The van der Waals surface area contributed by atoms with Gasteiger partial charge in [-0.05, 0) is 18.9 Å². The molecule has 0 spiro atoms. The summed E-state index contributed by atoms with van der Waals surface area (Å²) >= 11 is 0. The second kappa shape index (κ2) is 4.37. The van der Waals surface area contributed by atoms with Gasteiger partial charge in [-0.25, -0.2) is 9.59 Å². The Morgan fingerprint density at radius 1 is 1.16 bits per heavy atom. The molecule has 3 heterocycles. The van der Waals surface area contributed by atoms with Crippen LogP contribution in [-0.2, 0) is 19.1 Å². The number of carbonyl (C=O) groups is 2. The minimum absolute atomic E-state index is 0.0319. The maximum Gasteiger partial charge on any atom is 0.334 e. The van der Waals surface area contributed by atoms with E-state index in [-0.39, 0.29) is 30.1 Å². The van der Waals surface area contributed by atoms with Crippen LogP contribution in [0.3, 0.4) is 0 Å². The highest BCUT2D eigenvalue weighted by molar-refractivity contribution is 5.92. The van der Waals surface area contributed by atoms with E-state index >= 15 is 0 Å². The van der Waals surface area contributed by atoms with Gasteiger partial charge in [0.2, 0.25) is 0 Å². The van der Waals surface area contributed by atoms with Gasteiger partial charge in [-0.2, -0.15) is 0 Å². The summed E-state index contributed by atoms with van der Waals surface area (Å²) in [5.74, 6) is -0.669. The van der Waals surface area contributed by atoms with E-state index in [1.165, 1.54) is 0 Å². The highest BCUT2D eigenvalue weighted by Gasteiger charge is 2.40. The average Bonchev–Trinajstić information content (AvgIpc) is 2.65. The molecule has 0 N–H and O–H groups in total. The van der Waals surface area contributed by atoms with Crippen molar-refractivity contribution in [3.63, 3.8) is 0 Å². The van der Waals surface area contributed by atoms with Gasteiger partial charge in [-0.15, -0.1) is 0 Å². The van der Waals surface area contributed by atoms with Gasteiger partial charge in [0.05, 0.1) is 0 Å². The van der Waals surface area contributed by atoms with Crippen LogP contribution in [0.4, 0.5) is 0 Å². The molecular weight excluding hydrogens is 244 g/mol. The number of ether oxygens (including phenoxy) is 2. The third-order valence-electron chi connectivity index (χ3n) is 4.13. The van der Waals surface area contributed by atoms with Crippen LogP contribution in [0, 0.1) is 5.92 Å². The molecule has 3 aliphatic heterocycles. The lowest BCUT2D eigenvalue weighted by Crippen LogP contribution is -2.29. The fourth-order valence-corrected chi connectivity index (χ4v) is 2.84. The molecule has 19 heavy (non-hydrogen) atoms. The van der Waals surface area contributed by atoms with Crippen LogP contribution < -0.4 is 0 Å². The van der Waals surface area contributed by atoms with Crippen LogP contribution in [-0.4, -0.2) is 24.1 Å². The predicted molar refractivity (Wildman–Crippen MR) is 68.1 cm³/mol. The predicted octanol–water partition coefficient (Wildman–Crippen LogP) is 2.07. The molecule has 4 heteroatoms. The van der Waals surface area contributed by atoms with E-state index in [9.17, 15) is 9.59 Å².